The maximum atomic E-state index is 12.7. The quantitative estimate of drug-likeness (QED) is 0.679. The van der Waals surface area contributed by atoms with E-state index < -0.39 is 0 Å². The van der Waals surface area contributed by atoms with Crippen LogP contribution in [-0.2, 0) is 17.9 Å². The van der Waals surface area contributed by atoms with Crippen molar-refractivity contribution < 1.29 is 4.79 Å². The van der Waals surface area contributed by atoms with E-state index in [1.54, 1.807) is 18.2 Å². The topological polar surface area (TPSA) is 58.4 Å². The molecule has 0 radical (unpaired) electrons. The molecule has 144 valence electrons. The first-order chi connectivity index (χ1) is 13.6. The second kappa shape index (κ2) is 8.12. The third-order valence-corrected chi connectivity index (χ3v) is 5.33. The first-order valence-electron chi connectivity index (χ1n) is 9.29. The summed E-state index contributed by atoms with van der Waals surface area (Å²) in [4.78, 5) is 33.6. The van der Waals surface area contributed by atoms with Gasteiger partial charge in [-0.3, -0.25) is 19.1 Å². The number of aromatic nitrogens is 2. The van der Waals surface area contributed by atoms with E-state index in [-0.39, 0.29) is 18.0 Å². The minimum atomic E-state index is -0.180. The average molecular weight is 397 g/mol. The lowest BCUT2D eigenvalue weighted by Crippen LogP contribution is -2.49. The van der Waals surface area contributed by atoms with Gasteiger partial charge in [-0.05, 0) is 29.8 Å². The minimum absolute atomic E-state index is 0.0217. The first-order valence-corrected chi connectivity index (χ1v) is 9.67. The molecule has 1 amide bonds. The molecule has 0 unspecified atom stereocenters. The van der Waals surface area contributed by atoms with Crippen LogP contribution in [0.1, 0.15) is 5.56 Å². The summed E-state index contributed by atoms with van der Waals surface area (Å²) in [6, 6.07) is 15.0. The zero-order chi connectivity index (χ0) is 19.5. The van der Waals surface area contributed by atoms with Crippen molar-refractivity contribution in [3.63, 3.8) is 0 Å². The van der Waals surface area contributed by atoms with Crippen LogP contribution in [0.4, 0.5) is 0 Å². The minimum Gasteiger partial charge on any atom is -0.339 e. The number of fused-ring (bicyclic) bond motifs is 1. The SMILES string of the molecule is O=C(Cn1cnc2ccccc2c1=O)N1CCN(Cc2ccc(Cl)cc2)CC1. The second-order valence-corrected chi connectivity index (χ2v) is 7.41. The molecule has 0 saturated carbocycles. The zero-order valence-electron chi connectivity index (χ0n) is 15.4. The number of rotatable bonds is 4. The highest BCUT2D eigenvalue weighted by molar-refractivity contribution is 6.30. The van der Waals surface area contributed by atoms with Gasteiger partial charge >= 0.3 is 0 Å². The lowest BCUT2D eigenvalue weighted by Gasteiger charge is -2.34. The smallest absolute Gasteiger partial charge is 0.261 e. The van der Waals surface area contributed by atoms with Crippen molar-refractivity contribution in [2.24, 2.45) is 0 Å². The number of carbonyl (C=O) groups excluding carboxylic acids is 1. The van der Waals surface area contributed by atoms with Gasteiger partial charge < -0.3 is 4.90 Å². The number of hydrogen-bond donors (Lipinski definition) is 0. The van der Waals surface area contributed by atoms with Gasteiger partial charge in [-0.1, -0.05) is 35.9 Å². The summed E-state index contributed by atoms with van der Waals surface area (Å²) < 4.78 is 1.39. The van der Waals surface area contributed by atoms with Crippen LogP contribution in [0.5, 0.6) is 0 Å². The number of carbonyl (C=O) groups is 1. The molecule has 7 heteroatoms. The van der Waals surface area contributed by atoms with Crippen molar-refractivity contribution in [2.45, 2.75) is 13.1 Å². The Morgan fingerprint density at radius 3 is 2.46 bits per heavy atom. The molecule has 1 saturated heterocycles. The van der Waals surface area contributed by atoms with Crippen molar-refractivity contribution >= 4 is 28.4 Å². The van der Waals surface area contributed by atoms with E-state index >= 15 is 0 Å². The Morgan fingerprint density at radius 1 is 1.00 bits per heavy atom. The highest BCUT2D eigenvalue weighted by Crippen LogP contribution is 2.13. The molecule has 0 aliphatic carbocycles. The lowest BCUT2D eigenvalue weighted by atomic mass is 10.2. The molecule has 2 heterocycles. The van der Waals surface area contributed by atoms with Crippen LogP contribution >= 0.6 is 11.6 Å². The number of halogens is 1. The molecule has 0 atom stereocenters. The molecule has 28 heavy (non-hydrogen) atoms. The molecular formula is C21H21ClN4O2. The molecule has 1 aliphatic rings. The Balaban J connectivity index is 1.36. The number of para-hydroxylation sites is 1. The van der Waals surface area contributed by atoms with Crippen molar-refractivity contribution in [1.82, 2.24) is 19.4 Å². The van der Waals surface area contributed by atoms with E-state index in [1.807, 2.05) is 35.2 Å². The van der Waals surface area contributed by atoms with Crippen molar-refractivity contribution in [1.29, 1.82) is 0 Å². The Hall–Kier alpha value is -2.70. The summed E-state index contributed by atoms with van der Waals surface area (Å²) in [5.74, 6) is -0.0506. The van der Waals surface area contributed by atoms with E-state index in [9.17, 15) is 9.59 Å². The first kappa shape index (κ1) is 18.7. The Kier molecular flexibility index (Phi) is 5.41. The fraction of sp³-hybridized carbons (Fsp3) is 0.286. The molecule has 1 aliphatic heterocycles. The fourth-order valence-corrected chi connectivity index (χ4v) is 3.59. The number of amides is 1. The number of nitrogens with zero attached hydrogens (tertiary/aromatic N) is 4. The maximum absolute atomic E-state index is 12.7. The Bertz CT molecular complexity index is 1040. The molecule has 6 nitrogen and oxygen atoms in total. The largest absolute Gasteiger partial charge is 0.339 e. The van der Waals surface area contributed by atoms with Gasteiger partial charge in [0.2, 0.25) is 5.91 Å². The zero-order valence-corrected chi connectivity index (χ0v) is 16.2. The van der Waals surface area contributed by atoms with Crippen molar-refractivity contribution in [3.05, 3.63) is 75.8 Å². The van der Waals surface area contributed by atoms with Crippen LogP contribution < -0.4 is 5.56 Å². The molecular weight excluding hydrogens is 376 g/mol. The summed E-state index contributed by atoms with van der Waals surface area (Å²) >= 11 is 5.93. The van der Waals surface area contributed by atoms with Gasteiger partial charge in [-0.15, -0.1) is 0 Å². The molecule has 0 bridgehead atoms. The van der Waals surface area contributed by atoms with E-state index in [0.717, 1.165) is 24.7 Å². The van der Waals surface area contributed by atoms with Gasteiger partial charge in [-0.2, -0.15) is 0 Å². The van der Waals surface area contributed by atoms with Gasteiger partial charge in [0.25, 0.3) is 5.56 Å². The highest BCUT2D eigenvalue weighted by Gasteiger charge is 2.21. The Morgan fingerprint density at radius 2 is 1.71 bits per heavy atom. The van der Waals surface area contributed by atoms with Crippen LogP contribution in [0.15, 0.2) is 59.7 Å². The van der Waals surface area contributed by atoms with Gasteiger partial charge in [0, 0.05) is 37.7 Å². The van der Waals surface area contributed by atoms with Gasteiger partial charge in [0.05, 0.1) is 17.2 Å². The van der Waals surface area contributed by atoms with E-state index in [2.05, 4.69) is 9.88 Å². The van der Waals surface area contributed by atoms with Gasteiger partial charge in [0.1, 0.15) is 6.54 Å². The van der Waals surface area contributed by atoms with Crippen LogP contribution in [0, 0.1) is 0 Å². The maximum Gasteiger partial charge on any atom is 0.261 e. The predicted octanol–water partition coefficient (Wildman–Crippen LogP) is 2.39. The number of piperazine rings is 1. The van der Waals surface area contributed by atoms with E-state index in [0.29, 0.717) is 24.0 Å². The molecule has 0 N–H and O–H groups in total. The fourth-order valence-electron chi connectivity index (χ4n) is 3.47. The highest BCUT2D eigenvalue weighted by atomic mass is 35.5. The number of benzene rings is 2. The summed E-state index contributed by atoms with van der Waals surface area (Å²) in [6.45, 7) is 3.78. The van der Waals surface area contributed by atoms with Gasteiger partial charge in [-0.25, -0.2) is 4.98 Å². The Labute approximate surface area is 168 Å². The summed E-state index contributed by atoms with van der Waals surface area (Å²) in [7, 11) is 0. The monoisotopic (exact) mass is 396 g/mol. The summed E-state index contributed by atoms with van der Waals surface area (Å²) in [6.07, 6.45) is 1.46. The molecule has 1 aromatic heterocycles. The predicted molar refractivity (Wildman–Crippen MR) is 109 cm³/mol. The molecule has 3 aromatic rings. The van der Waals surface area contributed by atoms with Crippen molar-refractivity contribution in [2.75, 3.05) is 26.2 Å². The lowest BCUT2D eigenvalue weighted by molar-refractivity contribution is -0.133. The van der Waals surface area contributed by atoms with Crippen molar-refractivity contribution in [3.8, 4) is 0 Å². The molecule has 4 rings (SSSR count). The third-order valence-electron chi connectivity index (χ3n) is 5.08. The van der Waals surface area contributed by atoms with Crippen LogP contribution in [0.3, 0.4) is 0 Å². The van der Waals surface area contributed by atoms with Gasteiger partial charge in [0.15, 0.2) is 0 Å². The molecule has 2 aromatic carbocycles. The average Bonchev–Trinajstić information content (AvgIpc) is 2.72. The van der Waals surface area contributed by atoms with Crippen LogP contribution in [-0.4, -0.2) is 51.4 Å². The standard InChI is InChI=1S/C21H21ClN4O2/c22-17-7-5-16(6-8-17)13-24-9-11-25(12-10-24)20(27)14-26-15-23-19-4-2-1-3-18(19)21(26)28/h1-8,15H,9-14H2. The number of hydrogen-bond acceptors (Lipinski definition) is 4. The second-order valence-electron chi connectivity index (χ2n) is 6.98. The van der Waals surface area contributed by atoms with E-state index in [1.165, 1.54) is 16.5 Å². The normalized spacial score (nSPS) is 15.1. The molecule has 1 fully saturated rings. The summed E-state index contributed by atoms with van der Waals surface area (Å²) in [5.41, 5.74) is 1.67. The van der Waals surface area contributed by atoms with Crippen LogP contribution in [0.2, 0.25) is 5.02 Å². The van der Waals surface area contributed by atoms with Crippen LogP contribution in [0.25, 0.3) is 10.9 Å². The molecule has 0 spiro atoms. The third kappa shape index (κ3) is 4.08. The van der Waals surface area contributed by atoms with E-state index in [4.69, 9.17) is 11.6 Å². The summed E-state index contributed by atoms with van der Waals surface area (Å²) in [5, 5.41) is 1.27.